The summed E-state index contributed by atoms with van der Waals surface area (Å²) in [5, 5.41) is 3.25. The maximum atomic E-state index is 4.64. The normalized spacial score (nSPS) is 18.3. The van der Waals surface area contributed by atoms with Crippen LogP contribution in [0.2, 0.25) is 0 Å². The molecule has 0 aliphatic carbocycles. The highest BCUT2D eigenvalue weighted by Gasteiger charge is 2.14. The van der Waals surface area contributed by atoms with E-state index in [4.69, 9.17) is 0 Å². The molecule has 1 aliphatic rings. The first-order valence-corrected chi connectivity index (χ1v) is 7.10. The van der Waals surface area contributed by atoms with Crippen molar-refractivity contribution in [1.29, 1.82) is 0 Å². The first-order valence-electron chi connectivity index (χ1n) is 6.28. The van der Waals surface area contributed by atoms with Gasteiger partial charge in [-0.2, -0.15) is 0 Å². The molecule has 0 atom stereocenters. The number of hydrogen-bond acceptors (Lipinski definition) is 5. The van der Waals surface area contributed by atoms with E-state index in [1.54, 1.807) is 11.3 Å². The number of piperazine rings is 1. The van der Waals surface area contributed by atoms with E-state index >= 15 is 0 Å². The lowest BCUT2D eigenvalue weighted by Gasteiger charge is -2.32. The van der Waals surface area contributed by atoms with Crippen LogP contribution >= 0.6 is 11.3 Å². The summed E-state index contributed by atoms with van der Waals surface area (Å²) in [4.78, 5) is 6.99. The van der Waals surface area contributed by atoms with Gasteiger partial charge in [0.05, 0.1) is 10.2 Å². The Labute approximate surface area is 111 Å². The third-order valence-electron chi connectivity index (χ3n) is 3.30. The highest BCUT2D eigenvalue weighted by atomic mass is 32.1. The average Bonchev–Trinajstić information content (AvgIpc) is 2.73. The predicted molar refractivity (Wildman–Crippen MR) is 77.0 cm³/mol. The van der Waals surface area contributed by atoms with Crippen LogP contribution in [0.15, 0.2) is 18.2 Å². The summed E-state index contributed by atoms with van der Waals surface area (Å²) in [5.41, 5.74) is 5.78. The molecule has 0 amide bonds. The minimum atomic E-state index is 1.00. The smallest absolute Gasteiger partial charge is 0.198 e. The molecule has 18 heavy (non-hydrogen) atoms. The van der Waals surface area contributed by atoms with E-state index in [-0.39, 0.29) is 0 Å². The molecule has 2 aromatic rings. The molecular weight excluding hydrogens is 244 g/mol. The number of fused-ring (bicyclic) bond motifs is 1. The zero-order chi connectivity index (χ0) is 12.5. The van der Waals surface area contributed by atoms with Crippen molar-refractivity contribution in [3.05, 3.63) is 23.8 Å². The fourth-order valence-electron chi connectivity index (χ4n) is 2.14. The zero-order valence-electron chi connectivity index (χ0n) is 10.8. The second kappa shape index (κ2) is 4.84. The molecule has 3 rings (SSSR count). The molecule has 4 nitrogen and oxygen atoms in total. The number of aromatic nitrogens is 1. The van der Waals surface area contributed by atoms with Gasteiger partial charge in [-0.15, -0.1) is 0 Å². The van der Waals surface area contributed by atoms with Crippen LogP contribution in [0.5, 0.6) is 0 Å². The van der Waals surface area contributed by atoms with E-state index in [1.165, 1.54) is 10.3 Å². The van der Waals surface area contributed by atoms with Crippen molar-refractivity contribution in [3.8, 4) is 0 Å². The van der Waals surface area contributed by atoms with E-state index in [0.717, 1.165) is 36.8 Å². The number of nitrogens with zero attached hydrogens (tertiary/aromatic N) is 3. The molecule has 1 saturated heterocycles. The fraction of sp³-hybridized carbons (Fsp3) is 0.462. The van der Waals surface area contributed by atoms with Crippen molar-refractivity contribution < 1.29 is 0 Å². The van der Waals surface area contributed by atoms with E-state index in [1.807, 2.05) is 0 Å². The quantitative estimate of drug-likeness (QED) is 0.899. The minimum Gasteiger partial charge on any atom is -0.304 e. The molecule has 1 aromatic heterocycles. The van der Waals surface area contributed by atoms with E-state index < -0.39 is 0 Å². The van der Waals surface area contributed by atoms with Crippen LogP contribution in [-0.2, 0) is 0 Å². The van der Waals surface area contributed by atoms with Crippen LogP contribution in [0.1, 0.15) is 5.56 Å². The summed E-state index contributed by atoms with van der Waals surface area (Å²) in [6.45, 7) is 6.41. The van der Waals surface area contributed by atoms with Crippen LogP contribution in [0.25, 0.3) is 10.2 Å². The molecule has 1 N–H and O–H groups in total. The Hall–Kier alpha value is -1.17. The van der Waals surface area contributed by atoms with Gasteiger partial charge >= 0.3 is 0 Å². The molecule has 0 radical (unpaired) electrons. The lowest BCUT2D eigenvalue weighted by atomic mass is 10.2. The third kappa shape index (κ3) is 2.48. The van der Waals surface area contributed by atoms with Crippen LogP contribution in [0.3, 0.4) is 0 Å². The predicted octanol–water partition coefficient (Wildman–Crippen LogP) is 2.18. The van der Waals surface area contributed by atoms with Crippen LogP contribution in [0.4, 0.5) is 5.13 Å². The van der Waals surface area contributed by atoms with Crippen molar-refractivity contribution in [2.24, 2.45) is 0 Å². The lowest BCUT2D eigenvalue weighted by molar-refractivity contribution is 0.179. The first kappa shape index (κ1) is 11.9. The van der Waals surface area contributed by atoms with Gasteiger partial charge in [0.25, 0.3) is 0 Å². The standard InChI is InChI=1S/C13H18N4S/c1-10-3-4-12-11(9-10)14-13(18-12)15-17-7-5-16(2)6-8-17/h3-4,9H,5-8H2,1-2H3,(H,14,15). The lowest BCUT2D eigenvalue weighted by Crippen LogP contribution is -2.46. The number of aryl methyl sites for hydroxylation is 1. The Balaban J connectivity index is 1.74. The van der Waals surface area contributed by atoms with Crippen LogP contribution in [-0.4, -0.2) is 48.1 Å². The van der Waals surface area contributed by atoms with Gasteiger partial charge in [0, 0.05) is 26.2 Å². The average molecular weight is 262 g/mol. The van der Waals surface area contributed by atoms with Crippen molar-refractivity contribution in [2.75, 3.05) is 38.7 Å². The molecule has 0 spiro atoms. The molecule has 0 saturated carbocycles. The zero-order valence-corrected chi connectivity index (χ0v) is 11.6. The monoisotopic (exact) mass is 262 g/mol. The molecule has 2 heterocycles. The molecule has 1 aromatic carbocycles. The summed E-state index contributed by atoms with van der Waals surface area (Å²) >= 11 is 1.72. The molecular formula is C13H18N4S. The van der Waals surface area contributed by atoms with Crippen LogP contribution in [0, 0.1) is 6.92 Å². The van der Waals surface area contributed by atoms with Crippen molar-refractivity contribution in [3.63, 3.8) is 0 Å². The number of likely N-dealkylation sites (N-methyl/N-ethyl adjacent to an activating group) is 1. The fourth-order valence-corrected chi connectivity index (χ4v) is 3.01. The summed E-state index contributed by atoms with van der Waals surface area (Å²) in [6.07, 6.45) is 0. The second-order valence-corrected chi connectivity index (χ2v) is 5.92. The summed E-state index contributed by atoms with van der Waals surface area (Å²) < 4.78 is 1.25. The van der Waals surface area contributed by atoms with Crippen LogP contribution < -0.4 is 5.43 Å². The van der Waals surface area contributed by atoms with E-state index in [9.17, 15) is 0 Å². The maximum absolute atomic E-state index is 4.64. The number of thiazole rings is 1. The third-order valence-corrected chi connectivity index (χ3v) is 4.24. The van der Waals surface area contributed by atoms with Gasteiger partial charge in [-0.1, -0.05) is 17.4 Å². The van der Waals surface area contributed by atoms with Crippen molar-refractivity contribution in [1.82, 2.24) is 14.9 Å². The Morgan fingerprint density at radius 1 is 1.22 bits per heavy atom. The molecule has 5 heteroatoms. The Morgan fingerprint density at radius 2 is 2.00 bits per heavy atom. The number of nitrogens with one attached hydrogen (secondary N) is 1. The van der Waals surface area contributed by atoms with Crippen molar-refractivity contribution >= 4 is 26.7 Å². The summed E-state index contributed by atoms with van der Waals surface area (Å²) in [6, 6.07) is 6.43. The van der Waals surface area contributed by atoms with Gasteiger partial charge in [0.2, 0.25) is 0 Å². The number of hydrogen-bond donors (Lipinski definition) is 1. The van der Waals surface area contributed by atoms with Gasteiger partial charge in [-0.05, 0) is 31.7 Å². The highest BCUT2D eigenvalue weighted by molar-refractivity contribution is 7.22. The summed E-state index contributed by atoms with van der Waals surface area (Å²) in [7, 11) is 2.16. The van der Waals surface area contributed by atoms with Gasteiger partial charge in [0.15, 0.2) is 5.13 Å². The largest absolute Gasteiger partial charge is 0.304 e. The van der Waals surface area contributed by atoms with Gasteiger partial charge in [-0.3, -0.25) is 5.43 Å². The molecule has 0 bridgehead atoms. The molecule has 0 unspecified atom stereocenters. The molecule has 1 aliphatic heterocycles. The Kier molecular flexibility index (Phi) is 3.20. The highest BCUT2D eigenvalue weighted by Crippen LogP contribution is 2.26. The Bertz CT molecular complexity index is 543. The number of hydrazine groups is 1. The topological polar surface area (TPSA) is 31.4 Å². The SMILES string of the molecule is Cc1ccc2sc(NN3CCN(C)CC3)nc2c1. The second-order valence-electron chi connectivity index (χ2n) is 4.89. The number of benzene rings is 1. The molecule has 1 fully saturated rings. The van der Waals surface area contributed by atoms with E-state index in [0.29, 0.717) is 0 Å². The van der Waals surface area contributed by atoms with Crippen molar-refractivity contribution in [2.45, 2.75) is 6.92 Å². The molecule has 96 valence electrons. The summed E-state index contributed by atoms with van der Waals surface area (Å²) in [5.74, 6) is 0. The Morgan fingerprint density at radius 3 is 2.78 bits per heavy atom. The number of rotatable bonds is 2. The maximum Gasteiger partial charge on any atom is 0.198 e. The van der Waals surface area contributed by atoms with Gasteiger partial charge in [-0.25, -0.2) is 9.99 Å². The first-order chi connectivity index (χ1) is 8.70. The minimum absolute atomic E-state index is 1.00. The van der Waals surface area contributed by atoms with Gasteiger partial charge in [0.1, 0.15) is 0 Å². The van der Waals surface area contributed by atoms with Gasteiger partial charge < -0.3 is 4.90 Å². The van der Waals surface area contributed by atoms with E-state index in [2.05, 4.69) is 52.5 Å². The number of anilines is 1.